The number of nitrogens with zero attached hydrogens (tertiary/aromatic N) is 4. The summed E-state index contributed by atoms with van der Waals surface area (Å²) in [6.07, 6.45) is 0.985. The molecule has 2 rings (SSSR count). The van der Waals surface area contributed by atoms with Gasteiger partial charge in [0.1, 0.15) is 23.8 Å². The highest BCUT2D eigenvalue weighted by atomic mass is 19.1. The van der Waals surface area contributed by atoms with E-state index in [1.807, 2.05) is 0 Å². The molecule has 0 spiro atoms. The normalized spacial score (nSPS) is 12.1. The maximum atomic E-state index is 13.0. The first-order chi connectivity index (χ1) is 12.8. The molecule has 1 aromatic heterocycles. The van der Waals surface area contributed by atoms with Crippen LogP contribution in [0.2, 0.25) is 0 Å². The Balaban J connectivity index is 1.83. The van der Waals surface area contributed by atoms with Crippen molar-refractivity contribution in [2.45, 2.75) is 25.9 Å². The molecule has 1 unspecified atom stereocenters. The van der Waals surface area contributed by atoms with Crippen LogP contribution >= 0.6 is 0 Å². The molecule has 1 N–H and O–H groups in total. The number of esters is 1. The summed E-state index contributed by atoms with van der Waals surface area (Å²) < 4.78 is 19.5. The number of tetrazole rings is 1. The number of aliphatic hydroxyl groups excluding tert-OH is 1. The zero-order valence-electron chi connectivity index (χ0n) is 14.9. The van der Waals surface area contributed by atoms with Gasteiger partial charge in [0.05, 0.1) is 6.10 Å². The molecule has 0 aliphatic carbocycles. The molecular formula is C18H19FN4O4. The van der Waals surface area contributed by atoms with Gasteiger partial charge in [0.25, 0.3) is 0 Å². The Morgan fingerprint density at radius 3 is 2.81 bits per heavy atom. The number of ether oxygens (including phenoxy) is 1. The van der Waals surface area contributed by atoms with Crippen molar-refractivity contribution in [1.29, 1.82) is 0 Å². The van der Waals surface area contributed by atoms with Crippen molar-refractivity contribution in [2.24, 2.45) is 7.05 Å². The lowest BCUT2D eigenvalue weighted by atomic mass is 10.1. The molecule has 1 aromatic carbocycles. The average Bonchev–Trinajstić information content (AvgIpc) is 3.01. The molecule has 0 aliphatic rings. The van der Waals surface area contributed by atoms with Gasteiger partial charge in [0.15, 0.2) is 5.82 Å². The molecule has 0 bridgehead atoms. The first kappa shape index (κ1) is 20.1. The minimum atomic E-state index is -1.10. The second-order valence-corrected chi connectivity index (χ2v) is 5.88. The van der Waals surface area contributed by atoms with E-state index in [2.05, 4.69) is 22.1 Å². The number of Topliss-reactive ketones (excluding diaryl/α,β-unsaturated/α-hetero) is 1. The topological polar surface area (TPSA) is 107 Å². The fourth-order valence-electron chi connectivity index (χ4n) is 2.22. The van der Waals surface area contributed by atoms with Crippen LogP contribution < -0.4 is 4.74 Å². The Kier molecular flexibility index (Phi) is 6.67. The zero-order chi connectivity index (χ0) is 20.0. The van der Waals surface area contributed by atoms with Gasteiger partial charge in [-0.2, -0.15) is 0 Å². The lowest BCUT2D eigenvalue weighted by Crippen LogP contribution is -2.18. The Bertz CT molecular complexity index is 891. The summed E-state index contributed by atoms with van der Waals surface area (Å²) in [6.45, 7) is 5.36. The summed E-state index contributed by atoms with van der Waals surface area (Å²) in [6, 6.07) is 3.70. The number of aromatic nitrogens is 4. The molecule has 0 amide bonds. The van der Waals surface area contributed by atoms with Crippen LogP contribution in [0.25, 0.3) is 5.57 Å². The maximum Gasteiger partial charge on any atom is 0.318 e. The number of rotatable bonds is 8. The van der Waals surface area contributed by atoms with Gasteiger partial charge >= 0.3 is 5.97 Å². The van der Waals surface area contributed by atoms with Gasteiger partial charge in [-0.15, -0.1) is 5.10 Å². The van der Waals surface area contributed by atoms with E-state index in [4.69, 9.17) is 4.74 Å². The van der Waals surface area contributed by atoms with Gasteiger partial charge in [-0.3, -0.25) is 9.59 Å². The molecule has 9 heteroatoms. The van der Waals surface area contributed by atoms with Gasteiger partial charge in [-0.25, -0.2) is 9.07 Å². The van der Waals surface area contributed by atoms with Crippen molar-refractivity contribution in [2.75, 3.05) is 0 Å². The van der Waals surface area contributed by atoms with Crippen molar-refractivity contribution in [3.63, 3.8) is 0 Å². The first-order valence-corrected chi connectivity index (χ1v) is 8.02. The number of benzene rings is 1. The lowest BCUT2D eigenvalue weighted by Gasteiger charge is -2.08. The maximum absolute atomic E-state index is 13.0. The predicted molar refractivity (Wildman–Crippen MR) is 94.0 cm³/mol. The number of allylic oxidation sites excluding steroid dienone is 2. The van der Waals surface area contributed by atoms with Gasteiger partial charge in [-0.05, 0) is 41.1 Å². The molecule has 0 saturated carbocycles. The smallest absolute Gasteiger partial charge is 0.318 e. The lowest BCUT2D eigenvalue weighted by molar-refractivity contribution is -0.138. The molecule has 142 valence electrons. The van der Waals surface area contributed by atoms with Gasteiger partial charge < -0.3 is 9.84 Å². The summed E-state index contributed by atoms with van der Waals surface area (Å²) in [5.41, 5.74) is 0.899. The number of hydrogen-bond donors (Lipinski definition) is 1. The van der Waals surface area contributed by atoms with Crippen LogP contribution in [0.4, 0.5) is 4.39 Å². The summed E-state index contributed by atoms with van der Waals surface area (Å²) in [4.78, 5) is 23.7. The number of aryl methyl sites for hydroxylation is 2. The number of halogens is 1. The summed E-state index contributed by atoms with van der Waals surface area (Å²) in [7, 11) is 1.64. The third-order valence-electron chi connectivity index (χ3n) is 3.57. The summed E-state index contributed by atoms with van der Waals surface area (Å²) in [5, 5.41) is 20.8. The highest BCUT2D eigenvalue weighted by molar-refractivity contribution is 5.96. The van der Waals surface area contributed by atoms with E-state index < -0.39 is 30.1 Å². The quantitative estimate of drug-likeness (QED) is 0.323. The number of hydrogen-bond acceptors (Lipinski definition) is 7. The largest absolute Gasteiger partial charge is 0.426 e. The van der Waals surface area contributed by atoms with Crippen LogP contribution in [0.5, 0.6) is 5.75 Å². The minimum absolute atomic E-state index is 0.184. The second kappa shape index (κ2) is 8.95. The van der Waals surface area contributed by atoms with E-state index in [0.717, 1.165) is 6.07 Å². The molecule has 0 aliphatic heterocycles. The number of carbonyl (C=O) groups is 2. The minimum Gasteiger partial charge on any atom is -0.426 e. The van der Waals surface area contributed by atoms with Crippen LogP contribution in [-0.4, -0.2) is 43.2 Å². The third kappa shape index (κ3) is 5.93. The fourth-order valence-corrected chi connectivity index (χ4v) is 2.22. The molecular weight excluding hydrogens is 355 g/mol. The van der Waals surface area contributed by atoms with Crippen LogP contribution in [0.1, 0.15) is 24.2 Å². The van der Waals surface area contributed by atoms with E-state index in [1.165, 1.54) is 29.0 Å². The third-order valence-corrected chi connectivity index (χ3v) is 3.57. The number of carbonyl (C=O) groups excluding carboxylic acids is 2. The number of aliphatic hydroxyl groups is 1. The monoisotopic (exact) mass is 374 g/mol. The van der Waals surface area contributed by atoms with Gasteiger partial charge in [-0.1, -0.05) is 18.7 Å². The Labute approximate surface area is 155 Å². The zero-order valence-corrected chi connectivity index (χ0v) is 14.9. The van der Waals surface area contributed by atoms with E-state index >= 15 is 0 Å². The Morgan fingerprint density at radius 1 is 1.44 bits per heavy atom. The average molecular weight is 374 g/mol. The van der Waals surface area contributed by atoms with Crippen LogP contribution in [0.15, 0.2) is 36.9 Å². The number of ketones is 1. The Morgan fingerprint density at radius 2 is 2.19 bits per heavy atom. The highest BCUT2D eigenvalue weighted by Gasteiger charge is 2.16. The SMILES string of the molecule is C=C(C=CC(O)CC(=O)CC(=O)Oc1ccc(F)cc1C)c1nnnn1C. The fraction of sp³-hybridized carbons (Fsp3) is 0.278. The Hall–Kier alpha value is -3.20. The van der Waals surface area contributed by atoms with Crippen molar-refractivity contribution < 1.29 is 23.8 Å². The molecule has 2 aromatic rings. The van der Waals surface area contributed by atoms with E-state index in [0.29, 0.717) is 17.0 Å². The molecule has 0 radical (unpaired) electrons. The van der Waals surface area contributed by atoms with Crippen molar-refractivity contribution >= 4 is 17.3 Å². The molecule has 8 nitrogen and oxygen atoms in total. The van der Waals surface area contributed by atoms with Crippen LogP contribution in [0, 0.1) is 12.7 Å². The molecule has 1 atom stereocenters. The van der Waals surface area contributed by atoms with Crippen molar-refractivity contribution in [3.8, 4) is 5.75 Å². The van der Waals surface area contributed by atoms with Crippen molar-refractivity contribution in [1.82, 2.24) is 20.2 Å². The van der Waals surface area contributed by atoms with Gasteiger partial charge in [0.2, 0.25) is 0 Å². The molecule has 27 heavy (non-hydrogen) atoms. The van der Waals surface area contributed by atoms with Gasteiger partial charge in [0, 0.05) is 19.0 Å². The molecule has 1 heterocycles. The highest BCUT2D eigenvalue weighted by Crippen LogP contribution is 2.19. The van der Waals surface area contributed by atoms with Crippen molar-refractivity contribution in [3.05, 3.63) is 54.1 Å². The van der Waals surface area contributed by atoms with Crippen LogP contribution in [0.3, 0.4) is 0 Å². The van der Waals surface area contributed by atoms with E-state index in [-0.39, 0.29) is 12.2 Å². The van der Waals surface area contributed by atoms with E-state index in [1.54, 1.807) is 14.0 Å². The predicted octanol–water partition coefficient (Wildman–Crippen LogP) is 1.54. The summed E-state index contributed by atoms with van der Waals surface area (Å²) in [5.74, 6) is -1.12. The molecule has 0 fully saturated rings. The first-order valence-electron chi connectivity index (χ1n) is 8.02. The van der Waals surface area contributed by atoms with Crippen LogP contribution in [-0.2, 0) is 16.6 Å². The van der Waals surface area contributed by atoms with E-state index in [9.17, 15) is 19.1 Å². The second-order valence-electron chi connectivity index (χ2n) is 5.88. The standard InChI is InChI=1S/C18H19FN4O4/c1-11(18-20-21-22-23(18)3)4-6-14(24)9-15(25)10-17(26)27-16-7-5-13(19)8-12(16)2/h4-8,14,24H,1,9-10H2,2-3H3. The molecule has 0 saturated heterocycles. The summed E-state index contributed by atoms with van der Waals surface area (Å²) >= 11 is 0.